The molecule has 18 heavy (non-hydrogen) atoms. The Morgan fingerprint density at radius 3 is 2.28 bits per heavy atom. The van der Waals surface area contributed by atoms with Crippen LogP contribution in [0.5, 0.6) is 0 Å². The molecule has 0 saturated heterocycles. The Morgan fingerprint density at radius 2 is 1.83 bits per heavy atom. The molecule has 0 aliphatic carbocycles. The summed E-state index contributed by atoms with van der Waals surface area (Å²) >= 11 is 3.51. The third kappa shape index (κ3) is 4.70. The van der Waals surface area contributed by atoms with Crippen LogP contribution in [0.25, 0.3) is 0 Å². The van der Waals surface area contributed by atoms with Gasteiger partial charge in [-0.2, -0.15) is 5.26 Å². The normalized spacial score (nSPS) is 12.1. The van der Waals surface area contributed by atoms with Crippen LogP contribution in [-0.2, 0) is 0 Å². The van der Waals surface area contributed by atoms with Crippen LogP contribution in [0.1, 0.15) is 46.6 Å². The molecule has 0 radical (unpaired) electrons. The zero-order valence-corrected chi connectivity index (χ0v) is 13.4. The molecule has 1 rings (SSSR count). The number of anilines is 1. The molecular weight excluding hydrogens is 288 g/mol. The summed E-state index contributed by atoms with van der Waals surface area (Å²) < 4.78 is 0.934. The van der Waals surface area contributed by atoms with E-state index in [1.807, 2.05) is 18.2 Å². The van der Waals surface area contributed by atoms with Gasteiger partial charge in [-0.3, -0.25) is 0 Å². The molecule has 3 heteroatoms. The summed E-state index contributed by atoms with van der Waals surface area (Å²) in [7, 11) is 0. The van der Waals surface area contributed by atoms with Gasteiger partial charge in [0.1, 0.15) is 0 Å². The average molecular weight is 309 g/mol. The van der Waals surface area contributed by atoms with Crippen molar-refractivity contribution in [2.45, 2.75) is 46.6 Å². The maximum absolute atomic E-state index is 8.85. The van der Waals surface area contributed by atoms with Gasteiger partial charge >= 0.3 is 0 Å². The lowest BCUT2D eigenvalue weighted by atomic mass is 9.81. The van der Waals surface area contributed by atoms with E-state index in [1.165, 1.54) is 0 Å². The van der Waals surface area contributed by atoms with E-state index < -0.39 is 0 Å². The molecule has 98 valence electrons. The maximum atomic E-state index is 8.85. The van der Waals surface area contributed by atoms with Gasteiger partial charge in [0.2, 0.25) is 0 Å². The number of halogens is 1. The van der Waals surface area contributed by atoms with Crippen molar-refractivity contribution < 1.29 is 0 Å². The third-order valence-corrected chi connectivity index (χ3v) is 3.20. The van der Waals surface area contributed by atoms with Crippen LogP contribution in [0, 0.1) is 16.7 Å². The minimum absolute atomic E-state index is 0.00886. The van der Waals surface area contributed by atoms with Gasteiger partial charge in [-0.25, -0.2) is 0 Å². The Labute approximate surface area is 119 Å². The minimum atomic E-state index is 0.00886. The fourth-order valence-electron chi connectivity index (χ4n) is 2.42. The Bertz CT molecular complexity index is 464. The summed E-state index contributed by atoms with van der Waals surface area (Å²) in [5, 5.41) is 12.4. The predicted octanol–water partition coefficient (Wildman–Crippen LogP) is 4.95. The SMILES string of the molecule is CC(C)(C)CC(C)(C)Nc1ccc(C#N)cc1Br. The van der Waals surface area contributed by atoms with Crippen molar-refractivity contribution in [2.75, 3.05) is 5.32 Å². The molecule has 1 aromatic carbocycles. The first-order chi connectivity index (χ1) is 8.13. The number of nitrogens with zero attached hydrogens (tertiary/aromatic N) is 1. The molecule has 2 nitrogen and oxygen atoms in total. The zero-order valence-electron chi connectivity index (χ0n) is 11.8. The first kappa shape index (κ1) is 15.0. The van der Waals surface area contributed by atoms with E-state index in [2.05, 4.69) is 61.9 Å². The highest BCUT2D eigenvalue weighted by atomic mass is 79.9. The Balaban J connectivity index is 2.88. The first-order valence-corrected chi connectivity index (χ1v) is 6.90. The standard InChI is InChI=1S/C15H21BrN2/c1-14(2,3)10-15(4,5)18-13-7-6-11(9-17)8-12(13)16/h6-8,18H,10H2,1-5H3. The number of benzene rings is 1. The second-order valence-electron chi connectivity index (χ2n) is 6.55. The second kappa shape index (κ2) is 5.32. The van der Waals surface area contributed by atoms with Gasteiger partial charge in [0.15, 0.2) is 0 Å². The molecule has 1 N–H and O–H groups in total. The Hall–Kier alpha value is -1.01. The molecule has 0 spiro atoms. The lowest BCUT2D eigenvalue weighted by molar-refractivity contribution is 0.302. The third-order valence-electron chi connectivity index (χ3n) is 2.54. The van der Waals surface area contributed by atoms with Crippen molar-refractivity contribution in [3.8, 4) is 6.07 Å². The maximum Gasteiger partial charge on any atom is 0.0992 e. The molecule has 0 bridgehead atoms. The Kier molecular flexibility index (Phi) is 4.45. The second-order valence-corrected chi connectivity index (χ2v) is 7.41. The van der Waals surface area contributed by atoms with Gasteiger partial charge < -0.3 is 5.32 Å². The molecule has 0 heterocycles. The van der Waals surface area contributed by atoms with Crippen LogP contribution in [0.15, 0.2) is 22.7 Å². The number of hydrogen-bond acceptors (Lipinski definition) is 2. The van der Waals surface area contributed by atoms with Crippen LogP contribution in [0.2, 0.25) is 0 Å². The van der Waals surface area contributed by atoms with E-state index in [4.69, 9.17) is 5.26 Å². The van der Waals surface area contributed by atoms with Crippen LogP contribution >= 0.6 is 15.9 Å². The first-order valence-electron chi connectivity index (χ1n) is 6.11. The monoisotopic (exact) mass is 308 g/mol. The van der Waals surface area contributed by atoms with Gasteiger partial charge in [-0.15, -0.1) is 0 Å². The minimum Gasteiger partial charge on any atom is -0.379 e. The molecule has 0 fully saturated rings. The van der Waals surface area contributed by atoms with Gasteiger partial charge in [-0.1, -0.05) is 20.8 Å². The van der Waals surface area contributed by atoms with Crippen molar-refractivity contribution in [1.29, 1.82) is 5.26 Å². The number of nitrogens with one attached hydrogen (secondary N) is 1. The van der Waals surface area contributed by atoms with Gasteiger partial charge in [-0.05, 0) is 59.8 Å². The highest BCUT2D eigenvalue weighted by Gasteiger charge is 2.25. The highest BCUT2D eigenvalue weighted by molar-refractivity contribution is 9.10. The Morgan fingerprint density at radius 1 is 1.22 bits per heavy atom. The molecular formula is C15H21BrN2. The van der Waals surface area contributed by atoms with Crippen LogP contribution < -0.4 is 5.32 Å². The molecule has 0 unspecified atom stereocenters. The summed E-state index contributed by atoms with van der Waals surface area (Å²) in [6.07, 6.45) is 1.06. The fourth-order valence-corrected chi connectivity index (χ4v) is 2.90. The van der Waals surface area contributed by atoms with Crippen molar-refractivity contribution in [1.82, 2.24) is 0 Å². The smallest absolute Gasteiger partial charge is 0.0992 e. The molecule has 0 amide bonds. The lowest BCUT2D eigenvalue weighted by Gasteiger charge is -2.34. The van der Waals surface area contributed by atoms with Gasteiger partial charge in [0, 0.05) is 15.7 Å². The topological polar surface area (TPSA) is 35.8 Å². The van der Waals surface area contributed by atoms with E-state index in [0.717, 1.165) is 16.6 Å². The van der Waals surface area contributed by atoms with E-state index in [0.29, 0.717) is 5.56 Å². The summed E-state index contributed by atoms with van der Waals surface area (Å²) in [6, 6.07) is 7.77. The molecule has 0 aromatic heterocycles. The van der Waals surface area contributed by atoms with Crippen molar-refractivity contribution in [2.24, 2.45) is 5.41 Å². The van der Waals surface area contributed by atoms with E-state index in [9.17, 15) is 0 Å². The number of rotatable bonds is 3. The predicted molar refractivity (Wildman–Crippen MR) is 80.6 cm³/mol. The average Bonchev–Trinajstić information content (AvgIpc) is 2.17. The molecule has 0 atom stereocenters. The van der Waals surface area contributed by atoms with Crippen LogP contribution in [-0.4, -0.2) is 5.54 Å². The van der Waals surface area contributed by atoms with Crippen LogP contribution in [0.3, 0.4) is 0 Å². The summed E-state index contributed by atoms with van der Waals surface area (Å²) in [5.41, 5.74) is 1.98. The zero-order chi connectivity index (χ0) is 14.0. The van der Waals surface area contributed by atoms with Crippen molar-refractivity contribution >= 4 is 21.6 Å². The highest BCUT2D eigenvalue weighted by Crippen LogP contribution is 2.32. The molecule has 1 aromatic rings. The van der Waals surface area contributed by atoms with E-state index in [-0.39, 0.29) is 11.0 Å². The van der Waals surface area contributed by atoms with Crippen LogP contribution in [0.4, 0.5) is 5.69 Å². The van der Waals surface area contributed by atoms with E-state index in [1.54, 1.807) is 0 Å². The molecule has 0 aliphatic heterocycles. The van der Waals surface area contributed by atoms with E-state index >= 15 is 0 Å². The van der Waals surface area contributed by atoms with Gasteiger partial charge in [0.25, 0.3) is 0 Å². The summed E-state index contributed by atoms with van der Waals surface area (Å²) in [4.78, 5) is 0. The van der Waals surface area contributed by atoms with Gasteiger partial charge in [0.05, 0.1) is 11.6 Å². The quantitative estimate of drug-likeness (QED) is 0.857. The fraction of sp³-hybridized carbons (Fsp3) is 0.533. The summed E-state index contributed by atoms with van der Waals surface area (Å²) in [6.45, 7) is 11.1. The molecule has 0 saturated carbocycles. The largest absolute Gasteiger partial charge is 0.379 e. The molecule has 0 aliphatic rings. The lowest BCUT2D eigenvalue weighted by Crippen LogP contribution is -2.35. The van der Waals surface area contributed by atoms with Crippen molar-refractivity contribution in [3.05, 3.63) is 28.2 Å². The van der Waals surface area contributed by atoms with Crippen molar-refractivity contribution in [3.63, 3.8) is 0 Å². The number of nitriles is 1. The summed E-state index contributed by atoms with van der Waals surface area (Å²) in [5.74, 6) is 0. The number of hydrogen-bond donors (Lipinski definition) is 1.